The number of phenolic OH excluding ortho intramolecular Hbond substituents is 1. The Morgan fingerprint density at radius 1 is 0.567 bits per heavy atom. The second-order valence-electron chi connectivity index (χ2n) is 20.8. The van der Waals surface area contributed by atoms with Crippen molar-refractivity contribution in [2.24, 2.45) is 0 Å². The second-order valence-corrected chi connectivity index (χ2v) is 20.8. The van der Waals surface area contributed by atoms with Crippen LogP contribution in [0.4, 0.5) is 0 Å². The van der Waals surface area contributed by atoms with E-state index < -0.39 is 23.6 Å². The molecule has 5 heteroatoms. The first-order chi connectivity index (χ1) is 32.4. The zero-order valence-electron chi connectivity index (χ0n) is 45.7. The van der Waals surface area contributed by atoms with Gasteiger partial charge >= 0.3 is 0 Å². The first-order valence-electron chi connectivity index (χ1n) is 25.2. The van der Waals surface area contributed by atoms with Crippen LogP contribution in [-0.4, -0.2) is 19.6 Å². The molecule has 348 valence electrons. The van der Waals surface area contributed by atoms with E-state index in [-0.39, 0.29) is 37.6 Å². The molecule has 0 radical (unpaired) electrons. The third kappa shape index (κ3) is 9.89. The van der Waals surface area contributed by atoms with E-state index in [4.69, 9.17) is 15.5 Å². The van der Waals surface area contributed by atoms with Gasteiger partial charge in [-0.2, -0.15) is 0 Å². The Bertz CT molecular complexity index is 3230. The molecule has 0 amide bonds. The van der Waals surface area contributed by atoms with Crippen molar-refractivity contribution in [2.75, 3.05) is 0 Å². The van der Waals surface area contributed by atoms with E-state index in [0.717, 1.165) is 72.5 Å². The summed E-state index contributed by atoms with van der Waals surface area (Å²) in [6, 6.07) is 45.0. The summed E-state index contributed by atoms with van der Waals surface area (Å²) in [5.41, 5.74) is 14.9. The maximum Gasteiger partial charge on any atom is 0.148 e. The predicted molar refractivity (Wildman–Crippen MR) is 280 cm³/mol. The minimum absolute atomic E-state index is 0. The van der Waals surface area contributed by atoms with E-state index >= 15 is 0 Å². The van der Waals surface area contributed by atoms with E-state index in [1.165, 1.54) is 5.56 Å². The number of rotatable bonds is 10. The van der Waals surface area contributed by atoms with Crippen LogP contribution >= 0.6 is 0 Å². The monoisotopic (exact) mass is 1070 g/mol. The largest absolute Gasteiger partial charge is 0.507 e. The van der Waals surface area contributed by atoms with Crippen LogP contribution in [0.2, 0.25) is 0 Å². The molecule has 0 saturated carbocycles. The average molecular weight is 1070 g/mol. The molecular weight excluding hydrogens is 998 g/mol. The molecule has 0 unspecified atom stereocenters. The summed E-state index contributed by atoms with van der Waals surface area (Å²) in [5, 5.41) is 12.3. The molecule has 0 aliphatic heterocycles. The maximum absolute atomic E-state index is 12.3. The first kappa shape index (κ1) is 44.0. The number of hydrogen-bond donors (Lipinski definition) is 1. The summed E-state index contributed by atoms with van der Waals surface area (Å²) < 4.78 is 38.6. The molecule has 0 saturated heterocycles. The molecule has 0 spiro atoms. The number of imidazole rings is 1. The van der Waals surface area contributed by atoms with Gasteiger partial charge in [-0.15, -0.1) is 29.3 Å². The van der Waals surface area contributed by atoms with Crippen molar-refractivity contribution in [3.63, 3.8) is 0 Å². The molecule has 0 bridgehead atoms. The van der Waals surface area contributed by atoms with Gasteiger partial charge in [0.05, 0.1) is 16.6 Å². The Labute approximate surface area is 420 Å². The molecular formula is C62H68N3OPt-. The normalized spacial score (nSPS) is 13.7. The quantitative estimate of drug-likeness (QED) is 0.139. The SMILES string of the molecule is [2H]C(C)(C)c1cc(-c2nc3c(-c4[c-]c(-c5cc(-c6ccc(C(C)(C)C)cc6)ccn5)cc(C(C)(C)C)c4)cccc3n2-c2ccc(-c3c(C([2H])(C)C)cccc3C([2H])(C)C)cc2)c(O)c(C([2H])(C)C)c1.[Pt]. The molecule has 67 heavy (non-hydrogen) atoms. The van der Waals surface area contributed by atoms with Crippen LogP contribution in [-0.2, 0) is 31.9 Å². The van der Waals surface area contributed by atoms with E-state index in [9.17, 15) is 5.11 Å². The van der Waals surface area contributed by atoms with Gasteiger partial charge in [-0.3, -0.25) is 9.55 Å². The van der Waals surface area contributed by atoms with Crippen molar-refractivity contribution in [1.29, 1.82) is 0 Å². The van der Waals surface area contributed by atoms with Gasteiger partial charge in [0, 0.05) is 44.1 Å². The third-order valence-corrected chi connectivity index (χ3v) is 12.9. The molecule has 0 aliphatic carbocycles. The number of phenols is 1. The molecule has 6 aromatic carbocycles. The third-order valence-electron chi connectivity index (χ3n) is 12.9. The Hall–Kier alpha value is -5.57. The fraction of sp³-hybridized carbons (Fsp3) is 0.323. The molecule has 8 aromatic rings. The topological polar surface area (TPSA) is 50.9 Å². The molecule has 2 aromatic heterocycles. The summed E-state index contributed by atoms with van der Waals surface area (Å²) in [6.07, 6.45) is 1.87. The van der Waals surface area contributed by atoms with Gasteiger partial charge in [0.1, 0.15) is 11.6 Å². The number of para-hydroxylation sites is 1. The van der Waals surface area contributed by atoms with Crippen LogP contribution in [0.3, 0.4) is 0 Å². The van der Waals surface area contributed by atoms with Crippen molar-refractivity contribution in [3.8, 4) is 67.5 Å². The summed E-state index contributed by atoms with van der Waals surface area (Å²) in [6.45, 7) is 27.9. The van der Waals surface area contributed by atoms with Crippen molar-refractivity contribution in [1.82, 2.24) is 14.5 Å². The fourth-order valence-electron chi connectivity index (χ4n) is 8.91. The number of pyridine rings is 1. The Kier molecular flexibility index (Phi) is 12.6. The molecule has 0 aliphatic rings. The van der Waals surface area contributed by atoms with Gasteiger partial charge in [0.2, 0.25) is 0 Å². The summed E-state index contributed by atoms with van der Waals surface area (Å²) >= 11 is 0. The average Bonchev–Trinajstić information content (AvgIpc) is 3.66. The minimum atomic E-state index is -1.19. The van der Waals surface area contributed by atoms with Crippen molar-refractivity contribution in [2.45, 2.75) is 131 Å². The van der Waals surface area contributed by atoms with Gasteiger partial charge in [-0.25, -0.2) is 4.98 Å². The Morgan fingerprint density at radius 3 is 1.73 bits per heavy atom. The number of fused-ring (bicyclic) bond motifs is 1. The van der Waals surface area contributed by atoms with E-state index in [0.29, 0.717) is 28.0 Å². The van der Waals surface area contributed by atoms with Crippen LogP contribution in [0.15, 0.2) is 128 Å². The number of aromatic nitrogens is 3. The van der Waals surface area contributed by atoms with Crippen molar-refractivity contribution >= 4 is 11.0 Å². The van der Waals surface area contributed by atoms with Gasteiger partial charge < -0.3 is 5.11 Å². The Balaban J connectivity index is 0.00000741. The molecule has 0 fully saturated rings. The standard InChI is InChI=1S/C62H68N3O.Pt/c1-37(2)44-34-53(40(7)8)59(66)54(35-44)60-64-58-52(19-16-20-56(58)65(60)49-27-23-42(24-28-49)57-50(38(3)4)17-15-18-51(57)39(5)6)45-31-46(33-48(32-45)62(12,13)14)55-36-43(29-30-63-55)41-21-25-47(26-22-41)61(9,10)11;/h15-30,32-40,66H,1-14H3;/q-1;/i37D,38D,39D,40D;. The zero-order chi connectivity index (χ0) is 51.1. The first-order valence-corrected chi connectivity index (χ1v) is 23.2. The molecule has 4 nitrogen and oxygen atoms in total. The number of benzene rings is 6. The maximum atomic E-state index is 12.3. The van der Waals surface area contributed by atoms with E-state index in [1.54, 1.807) is 19.9 Å². The predicted octanol–water partition coefficient (Wildman–Crippen LogP) is 17.3. The van der Waals surface area contributed by atoms with Gasteiger partial charge in [0.15, 0.2) is 0 Å². The van der Waals surface area contributed by atoms with Crippen molar-refractivity contribution < 1.29 is 31.7 Å². The second kappa shape index (κ2) is 19.2. The number of nitrogens with zero attached hydrogens (tertiary/aromatic N) is 3. The van der Waals surface area contributed by atoms with Crippen LogP contribution in [0.5, 0.6) is 5.75 Å². The van der Waals surface area contributed by atoms with Crippen molar-refractivity contribution in [3.05, 3.63) is 167 Å². The summed E-state index contributed by atoms with van der Waals surface area (Å²) in [5.74, 6) is -3.67. The van der Waals surface area contributed by atoms with Crippen LogP contribution < -0.4 is 0 Å². The Morgan fingerprint density at radius 2 is 1.15 bits per heavy atom. The zero-order valence-corrected chi connectivity index (χ0v) is 44.0. The van der Waals surface area contributed by atoms with E-state index in [2.05, 4.69) is 107 Å². The molecule has 2 heterocycles. The fourth-order valence-corrected chi connectivity index (χ4v) is 8.91. The number of hydrogen-bond acceptors (Lipinski definition) is 3. The van der Waals surface area contributed by atoms with Gasteiger partial charge in [-0.05, 0) is 115 Å². The molecule has 8 rings (SSSR count). The molecule has 1 N–H and O–H groups in total. The smallest absolute Gasteiger partial charge is 0.148 e. The van der Waals surface area contributed by atoms with Crippen LogP contribution in [0.1, 0.15) is 159 Å². The van der Waals surface area contributed by atoms with Crippen LogP contribution in [0.25, 0.3) is 72.7 Å². The summed E-state index contributed by atoms with van der Waals surface area (Å²) in [7, 11) is 0. The van der Waals surface area contributed by atoms with Gasteiger partial charge in [-0.1, -0.05) is 187 Å². The summed E-state index contributed by atoms with van der Waals surface area (Å²) in [4.78, 5) is 10.4. The molecule has 0 atom stereocenters. The van der Waals surface area contributed by atoms with Gasteiger partial charge in [0.25, 0.3) is 0 Å². The van der Waals surface area contributed by atoms with E-state index in [1.807, 2.05) is 108 Å². The number of aromatic hydroxyl groups is 1. The van der Waals surface area contributed by atoms with Crippen LogP contribution in [0, 0.1) is 6.07 Å². The minimum Gasteiger partial charge on any atom is -0.507 e.